The van der Waals surface area contributed by atoms with Crippen LogP contribution in [0.2, 0.25) is 5.02 Å². The molecule has 0 spiro atoms. The lowest BCUT2D eigenvalue weighted by Crippen LogP contribution is -2.50. The summed E-state index contributed by atoms with van der Waals surface area (Å²) in [5, 5.41) is 0.642. The Labute approximate surface area is 213 Å². The molecule has 0 unspecified atom stereocenters. The molecule has 0 aromatic heterocycles. The Bertz CT molecular complexity index is 1040. The highest BCUT2D eigenvalue weighted by Crippen LogP contribution is 2.32. The fraction of sp³-hybridized carbons (Fsp3) is 0.480. The van der Waals surface area contributed by atoms with Crippen molar-refractivity contribution in [1.82, 2.24) is 9.21 Å². The fourth-order valence-corrected chi connectivity index (χ4v) is 7.12. The van der Waals surface area contributed by atoms with Gasteiger partial charge < -0.3 is 10.6 Å². The van der Waals surface area contributed by atoms with Crippen LogP contribution in [0.25, 0.3) is 0 Å². The van der Waals surface area contributed by atoms with Crippen molar-refractivity contribution in [2.45, 2.75) is 68.0 Å². The average molecular weight is 527 g/mol. The monoisotopic (exact) mass is 525 g/mol. The highest BCUT2D eigenvalue weighted by molar-refractivity contribution is 7.89. The molecule has 1 aliphatic carbocycles. The van der Waals surface area contributed by atoms with Gasteiger partial charge >= 0.3 is 0 Å². The van der Waals surface area contributed by atoms with Crippen LogP contribution in [-0.4, -0.2) is 54.7 Å². The van der Waals surface area contributed by atoms with Gasteiger partial charge in [-0.15, -0.1) is 12.4 Å². The first-order valence-corrected chi connectivity index (χ1v) is 13.6. The minimum absolute atomic E-state index is 0. The molecule has 1 saturated carbocycles. The van der Waals surface area contributed by atoms with E-state index in [0.717, 1.165) is 37.7 Å². The van der Waals surface area contributed by atoms with Crippen LogP contribution in [0.3, 0.4) is 0 Å². The number of nitrogens with zero attached hydrogens (tertiary/aromatic N) is 2. The summed E-state index contributed by atoms with van der Waals surface area (Å²) < 4.78 is 29.1. The van der Waals surface area contributed by atoms with Crippen LogP contribution >= 0.6 is 24.0 Å². The van der Waals surface area contributed by atoms with Gasteiger partial charge in [0.15, 0.2) is 0 Å². The zero-order chi connectivity index (χ0) is 23.4. The maximum Gasteiger partial charge on any atom is 0.243 e. The smallest absolute Gasteiger partial charge is 0.243 e. The van der Waals surface area contributed by atoms with E-state index in [9.17, 15) is 13.2 Å². The van der Waals surface area contributed by atoms with E-state index < -0.39 is 16.1 Å². The lowest BCUT2D eigenvalue weighted by atomic mass is 9.95. The molecular weight excluding hydrogens is 493 g/mol. The van der Waals surface area contributed by atoms with Crippen LogP contribution in [0.5, 0.6) is 0 Å². The highest BCUT2D eigenvalue weighted by Gasteiger charge is 2.42. The third-order valence-corrected chi connectivity index (χ3v) is 9.05. The van der Waals surface area contributed by atoms with E-state index in [2.05, 4.69) is 0 Å². The predicted molar refractivity (Wildman–Crippen MR) is 138 cm³/mol. The molecule has 1 heterocycles. The number of rotatable bonds is 7. The van der Waals surface area contributed by atoms with Crippen molar-refractivity contribution in [1.29, 1.82) is 0 Å². The number of likely N-dealkylation sites (tertiary alicyclic amines) is 1. The van der Waals surface area contributed by atoms with E-state index in [4.69, 9.17) is 17.3 Å². The molecule has 9 heteroatoms. The minimum atomic E-state index is -3.65. The Balaban J connectivity index is 0.00000324. The molecule has 1 saturated heterocycles. The fourth-order valence-electron chi connectivity index (χ4n) is 5.09. The summed E-state index contributed by atoms with van der Waals surface area (Å²) in [6, 6.07) is 15.1. The molecule has 2 aromatic carbocycles. The topological polar surface area (TPSA) is 83.7 Å². The first-order valence-electron chi connectivity index (χ1n) is 11.7. The van der Waals surface area contributed by atoms with E-state index >= 15 is 0 Å². The van der Waals surface area contributed by atoms with E-state index in [1.54, 1.807) is 45.6 Å². The highest BCUT2D eigenvalue weighted by atomic mass is 35.5. The minimum Gasteiger partial charge on any atom is -0.340 e. The van der Waals surface area contributed by atoms with Gasteiger partial charge in [-0.05, 0) is 55.5 Å². The molecule has 1 aliphatic heterocycles. The third kappa shape index (κ3) is 6.13. The number of halogens is 2. The van der Waals surface area contributed by atoms with Gasteiger partial charge in [0.1, 0.15) is 0 Å². The van der Waals surface area contributed by atoms with Crippen molar-refractivity contribution in [3.63, 3.8) is 0 Å². The number of amides is 1. The number of hydrogen-bond donors (Lipinski definition) is 1. The van der Waals surface area contributed by atoms with Gasteiger partial charge in [-0.25, -0.2) is 8.42 Å². The van der Waals surface area contributed by atoms with Gasteiger partial charge in [0, 0.05) is 30.2 Å². The second-order valence-corrected chi connectivity index (χ2v) is 11.4. The molecule has 34 heavy (non-hydrogen) atoms. The number of benzene rings is 2. The SMILES string of the molecule is Cl.N[C@H](Cc1ccc(Cl)cc1)C(=O)N1CC[C@H](N(C2CCCCC2)S(=O)(=O)c2ccccc2)C1. The van der Waals surface area contributed by atoms with E-state index in [1.807, 2.05) is 18.2 Å². The molecular formula is C25H33Cl2N3O3S. The Hall–Kier alpha value is -1.64. The number of carbonyl (C=O) groups is 1. The van der Waals surface area contributed by atoms with Gasteiger partial charge in [0.25, 0.3) is 0 Å². The summed E-state index contributed by atoms with van der Waals surface area (Å²) in [5.41, 5.74) is 7.20. The van der Waals surface area contributed by atoms with Crippen molar-refractivity contribution in [3.8, 4) is 0 Å². The molecule has 0 radical (unpaired) electrons. The molecule has 2 aromatic rings. The summed E-state index contributed by atoms with van der Waals surface area (Å²) in [6.07, 6.45) is 6.00. The second-order valence-electron chi connectivity index (χ2n) is 9.10. The van der Waals surface area contributed by atoms with E-state index in [1.165, 1.54) is 0 Å². The summed E-state index contributed by atoms with van der Waals surface area (Å²) in [7, 11) is -3.65. The average Bonchev–Trinajstić information content (AvgIpc) is 3.30. The predicted octanol–water partition coefficient (Wildman–Crippen LogP) is 4.26. The van der Waals surface area contributed by atoms with Crippen LogP contribution in [0.4, 0.5) is 0 Å². The van der Waals surface area contributed by atoms with Crippen molar-refractivity contribution < 1.29 is 13.2 Å². The molecule has 2 N–H and O–H groups in total. The summed E-state index contributed by atoms with van der Waals surface area (Å²) in [6.45, 7) is 0.904. The summed E-state index contributed by atoms with van der Waals surface area (Å²) >= 11 is 5.94. The lowest BCUT2D eigenvalue weighted by molar-refractivity contribution is -0.131. The number of nitrogens with two attached hydrogens (primary N) is 1. The van der Waals surface area contributed by atoms with Gasteiger partial charge in [-0.2, -0.15) is 4.31 Å². The van der Waals surface area contributed by atoms with E-state index in [-0.39, 0.29) is 30.4 Å². The quantitative estimate of drug-likeness (QED) is 0.585. The summed E-state index contributed by atoms with van der Waals surface area (Å²) in [5.74, 6) is -0.131. The van der Waals surface area contributed by atoms with Crippen LogP contribution < -0.4 is 5.73 Å². The summed E-state index contributed by atoms with van der Waals surface area (Å²) in [4.78, 5) is 15.1. The van der Waals surface area contributed by atoms with Crippen LogP contribution in [0.1, 0.15) is 44.1 Å². The molecule has 1 amide bonds. The first-order chi connectivity index (χ1) is 15.9. The molecule has 2 atom stereocenters. The molecule has 186 valence electrons. The lowest BCUT2D eigenvalue weighted by Gasteiger charge is -2.37. The zero-order valence-corrected chi connectivity index (χ0v) is 21.6. The molecule has 4 rings (SSSR count). The maximum atomic E-state index is 13.7. The molecule has 6 nitrogen and oxygen atoms in total. The molecule has 0 bridgehead atoms. The molecule has 2 fully saturated rings. The Morgan fingerprint density at radius 3 is 2.29 bits per heavy atom. The number of carbonyl (C=O) groups excluding carboxylic acids is 1. The third-order valence-electron chi connectivity index (χ3n) is 6.77. The van der Waals surface area contributed by atoms with Crippen LogP contribution in [0, 0.1) is 0 Å². The second kappa shape index (κ2) is 11.9. The normalized spacial score (nSPS) is 20.2. The van der Waals surface area contributed by atoms with E-state index in [0.29, 0.717) is 35.8 Å². The standard InChI is InChI=1S/C25H32ClN3O3S.ClH/c26-20-13-11-19(12-14-20)17-24(27)25(30)28-16-15-22(18-28)29(21-7-3-1-4-8-21)33(31,32)23-9-5-2-6-10-23;/h2,5-6,9-14,21-22,24H,1,3-4,7-8,15-18,27H2;1H/t22-,24+;/m0./s1. The van der Waals surface area contributed by atoms with Crippen LogP contribution in [0.15, 0.2) is 59.5 Å². The Morgan fingerprint density at radius 1 is 1.00 bits per heavy atom. The van der Waals surface area contributed by atoms with Crippen molar-refractivity contribution in [3.05, 3.63) is 65.2 Å². The first kappa shape index (κ1) is 27.0. The maximum absolute atomic E-state index is 13.7. The van der Waals surface area contributed by atoms with Crippen molar-refractivity contribution >= 4 is 39.9 Å². The van der Waals surface area contributed by atoms with Crippen molar-refractivity contribution in [2.24, 2.45) is 5.73 Å². The largest absolute Gasteiger partial charge is 0.340 e. The number of hydrogen-bond acceptors (Lipinski definition) is 4. The zero-order valence-electron chi connectivity index (χ0n) is 19.2. The van der Waals surface area contributed by atoms with Crippen molar-refractivity contribution in [2.75, 3.05) is 13.1 Å². The van der Waals surface area contributed by atoms with Crippen LogP contribution in [-0.2, 0) is 21.2 Å². The Morgan fingerprint density at radius 2 is 1.65 bits per heavy atom. The molecule has 2 aliphatic rings. The van der Waals surface area contributed by atoms with Gasteiger partial charge in [-0.1, -0.05) is 61.2 Å². The van der Waals surface area contributed by atoms with Gasteiger partial charge in [0.05, 0.1) is 10.9 Å². The van der Waals surface area contributed by atoms with Gasteiger partial charge in [-0.3, -0.25) is 4.79 Å². The van der Waals surface area contributed by atoms with Gasteiger partial charge in [0.2, 0.25) is 15.9 Å². The number of sulfonamides is 1. The Kier molecular flexibility index (Phi) is 9.41.